The number of rotatable bonds is 3. The molecule has 0 amide bonds. The molecule has 2 nitrogen and oxygen atoms in total. The van der Waals surface area contributed by atoms with Crippen molar-refractivity contribution in [2.45, 2.75) is 38.9 Å². The molecule has 0 N–H and O–H groups in total. The first-order valence-corrected chi connectivity index (χ1v) is 10.3. The Bertz CT molecular complexity index is 510. The molecule has 0 saturated heterocycles. The minimum Gasteiger partial charge on any atom is -0.542 e. The maximum absolute atomic E-state index is 13.9. The summed E-state index contributed by atoms with van der Waals surface area (Å²) in [6.07, 6.45) is 0.678. The van der Waals surface area contributed by atoms with Crippen LogP contribution in [0.2, 0.25) is 18.1 Å². The number of carbonyl (C=O) groups is 1. The van der Waals surface area contributed by atoms with Crippen LogP contribution < -0.4 is 4.43 Å². The molecule has 0 aromatic heterocycles. The zero-order valence-corrected chi connectivity index (χ0v) is 15.8. The molecule has 0 aliphatic rings. The second-order valence-electron chi connectivity index (χ2n) is 5.88. The highest BCUT2D eigenvalue weighted by atomic mass is 79.9. The Kier molecular flexibility index (Phi) is 5.02. The van der Waals surface area contributed by atoms with Crippen molar-refractivity contribution in [2.75, 3.05) is 0 Å². The number of hydrogen-bond acceptors (Lipinski definition) is 2. The van der Waals surface area contributed by atoms with Crippen molar-refractivity contribution in [3.8, 4) is 5.75 Å². The average Bonchev–Trinajstić information content (AvgIpc) is 2.28. The van der Waals surface area contributed by atoms with E-state index in [0.717, 1.165) is 0 Å². The fraction of sp³-hybridized carbons (Fsp3) is 0.462. The molecule has 0 unspecified atom stereocenters. The third-order valence-electron chi connectivity index (χ3n) is 3.44. The van der Waals surface area contributed by atoms with Gasteiger partial charge in [0.2, 0.25) is 0 Å². The molecule has 1 aromatic carbocycles. The van der Waals surface area contributed by atoms with E-state index in [1.807, 2.05) is 13.1 Å². The van der Waals surface area contributed by atoms with E-state index in [1.54, 1.807) is 0 Å². The van der Waals surface area contributed by atoms with E-state index in [9.17, 15) is 9.18 Å². The van der Waals surface area contributed by atoms with E-state index in [0.29, 0.717) is 17.6 Å². The van der Waals surface area contributed by atoms with Gasteiger partial charge in [-0.2, -0.15) is 0 Å². The van der Waals surface area contributed by atoms with Crippen LogP contribution in [0.3, 0.4) is 0 Å². The normalized spacial score (nSPS) is 12.4. The summed E-state index contributed by atoms with van der Waals surface area (Å²) in [7, 11) is -2.14. The zero-order chi connectivity index (χ0) is 15.0. The van der Waals surface area contributed by atoms with Gasteiger partial charge in [-0.3, -0.25) is 4.79 Å². The molecule has 0 aliphatic heterocycles. The number of hydrogen-bond donors (Lipinski definition) is 0. The van der Waals surface area contributed by atoms with Crippen LogP contribution >= 0.6 is 31.9 Å². The second kappa shape index (κ2) is 5.66. The summed E-state index contributed by atoms with van der Waals surface area (Å²) in [6, 6.07) is 1.44. The predicted molar refractivity (Wildman–Crippen MR) is 85.0 cm³/mol. The Morgan fingerprint density at radius 2 is 1.84 bits per heavy atom. The zero-order valence-electron chi connectivity index (χ0n) is 11.6. The quantitative estimate of drug-likeness (QED) is 0.370. The maximum Gasteiger partial charge on any atom is 0.250 e. The van der Waals surface area contributed by atoms with Crippen molar-refractivity contribution in [2.24, 2.45) is 0 Å². The Labute approximate surface area is 131 Å². The van der Waals surface area contributed by atoms with E-state index in [1.165, 1.54) is 6.07 Å². The molecular weight excluding hydrogens is 395 g/mol. The standard InChI is InChI=1S/C13H17Br2FO2Si/c1-13(2,3)19(4,5)18-12-8(7-17)6-9(14)11(16)10(12)15/h6-7H,1-5H3. The SMILES string of the molecule is CC(C)(C)[Si](C)(C)Oc1c(C=O)cc(Br)c(F)c1Br. The Morgan fingerprint density at radius 3 is 2.26 bits per heavy atom. The molecule has 1 rings (SSSR count). The molecule has 0 heterocycles. The van der Waals surface area contributed by atoms with Crippen LogP contribution in [0.4, 0.5) is 4.39 Å². The van der Waals surface area contributed by atoms with E-state index in [-0.39, 0.29) is 14.0 Å². The van der Waals surface area contributed by atoms with Crippen LogP contribution in [-0.2, 0) is 0 Å². The lowest BCUT2D eigenvalue weighted by Crippen LogP contribution is -2.44. The summed E-state index contributed by atoms with van der Waals surface area (Å²) < 4.78 is 20.4. The summed E-state index contributed by atoms with van der Waals surface area (Å²) in [5, 5.41) is -0.0316. The highest BCUT2D eigenvalue weighted by Crippen LogP contribution is 2.42. The van der Waals surface area contributed by atoms with Crippen LogP contribution in [0.5, 0.6) is 5.75 Å². The van der Waals surface area contributed by atoms with Crippen molar-refractivity contribution in [3.63, 3.8) is 0 Å². The lowest BCUT2D eigenvalue weighted by Gasteiger charge is -2.37. The largest absolute Gasteiger partial charge is 0.542 e. The van der Waals surface area contributed by atoms with Crippen molar-refractivity contribution in [1.29, 1.82) is 0 Å². The number of carbonyl (C=O) groups excluding carboxylic acids is 1. The molecule has 0 aliphatic carbocycles. The van der Waals surface area contributed by atoms with Crippen LogP contribution in [0.25, 0.3) is 0 Å². The lowest BCUT2D eigenvalue weighted by molar-refractivity contribution is 0.112. The molecular formula is C13H17Br2FO2Si. The molecule has 0 fully saturated rings. The topological polar surface area (TPSA) is 26.3 Å². The van der Waals surface area contributed by atoms with Crippen LogP contribution in [0, 0.1) is 5.82 Å². The summed E-state index contributed by atoms with van der Waals surface area (Å²) >= 11 is 6.26. The third kappa shape index (κ3) is 3.47. The predicted octanol–water partition coefficient (Wildman–Crippen LogP) is 5.55. The van der Waals surface area contributed by atoms with Crippen molar-refractivity contribution >= 4 is 46.5 Å². The van der Waals surface area contributed by atoms with Gasteiger partial charge in [0, 0.05) is 0 Å². The molecule has 0 radical (unpaired) electrons. The van der Waals surface area contributed by atoms with Crippen molar-refractivity contribution in [3.05, 3.63) is 26.4 Å². The van der Waals surface area contributed by atoms with Crippen molar-refractivity contribution in [1.82, 2.24) is 0 Å². The Balaban J connectivity index is 3.36. The Morgan fingerprint density at radius 1 is 1.32 bits per heavy atom. The second-order valence-corrected chi connectivity index (χ2v) is 12.3. The highest BCUT2D eigenvalue weighted by molar-refractivity contribution is 9.11. The molecule has 1 aromatic rings. The molecule has 19 heavy (non-hydrogen) atoms. The van der Waals surface area contributed by atoms with Crippen LogP contribution in [-0.4, -0.2) is 14.6 Å². The van der Waals surface area contributed by atoms with Crippen LogP contribution in [0.1, 0.15) is 31.1 Å². The molecule has 106 valence electrons. The molecule has 0 saturated carbocycles. The van der Waals surface area contributed by atoms with Gasteiger partial charge < -0.3 is 4.43 Å². The third-order valence-corrected chi connectivity index (χ3v) is 9.05. The first-order valence-electron chi connectivity index (χ1n) is 5.83. The van der Waals surface area contributed by atoms with E-state index in [2.05, 4.69) is 52.6 Å². The first kappa shape index (κ1) is 16.9. The highest BCUT2D eigenvalue weighted by Gasteiger charge is 2.40. The lowest BCUT2D eigenvalue weighted by atomic mass is 10.2. The number of halogens is 3. The average molecular weight is 412 g/mol. The van der Waals surface area contributed by atoms with Gasteiger partial charge in [-0.15, -0.1) is 0 Å². The number of aldehydes is 1. The van der Waals surface area contributed by atoms with E-state index < -0.39 is 14.1 Å². The smallest absolute Gasteiger partial charge is 0.250 e. The summed E-state index contributed by atoms with van der Waals surface area (Å²) in [6.45, 7) is 10.4. The van der Waals surface area contributed by atoms with E-state index >= 15 is 0 Å². The molecule has 0 atom stereocenters. The summed E-state index contributed by atoms with van der Waals surface area (Å²) in [4.78, 5) is 11.1. The van der Waals surface area contributed by atoms with Gasteiger partial charge in [-0.05, 0) is 56.1 Å². The molecule has 0 bridgehead atoms. The number of benzene rings is 1. The summed E-state index contributed by atoms with van der Waals surface area (Å²) in [5.41, 5.74) is 0.338. The van der Waals surface area contributed by atoms with Gasteiger partial charge in [0.1, 0.15) is 5.75 Å². The van der Waals surface area contributed by atoms with Crippen molar-refractivity contribution < 1.29 is 13.6 Å². The summed E-state index contributed by atoms with van der Waals surface area (Å²) in [5.74, 6) is -0.165. The van der Waals surface area contributed by atoms with Gasteiger partial charge in [-0.25, -0.2) is 4.39 Å². The van der Waals surface area contributed by atoms with E-state index in [4.69, 9.17) is 4.43 Å². The van der Waals surface area contributed by atoms with Gasteiger partial charge in [0.15, 0.2) is 12.1 Å². The van der Waals surface area contributed by atoms with Gasteiger partial charge in [0.25, 0.3) is 8.32 Å². The Hall–Kier alpha value is -0.203. The minimum absolute atomic E-state index is 0.0316. The van der Waals surface area contributed by atoms with Gasteiger partial charge >= 0.3 is 0 Å². The minimum atomic E-state index is -2.14. The first-order chi connectivity index (χ1) is 8.51. The molecule has 0 spiro atoms. The molecule has 6 heteroatoms. The maximum atomic E-state index is 13.9. The monoisotopic (exact) mass is 410 g/mol. The fourth-order valence-corrected chi connectivity index (χ4v) is 3.62. The van der Waals surface area contributed by atoms with Gasteiger partial charge in [-0.1, -0.05) is 20.8 Å². The fourth-order valence-electron chi connectivity index (χ4n) is 1.20. The van der Waals surface area contributed by atoms with Gasteiger partial charge in [0.05, 0.1) is 14.5 Å². The van der Waals surface area contributed by atoms with Crippen LogP contribution in [0.15, 0.2) is 15.0 Å².